The van der Waals surface area contributed by atoms with Crippen LogP contribution in [0.2, 0.25) is 0 Å². The Kier molecular flexibility index (Phi) is 14.3. The van der Waals surface area contributed by atoms with Gasteiger partial charge in [-0.2, -0.15) is 0 Å². The van der Waals surface area contributed by atoms with Crippen molar-refractivity contribution in [3.8, 4) is 11.1 Å². The van der Waals surface area contributed by atoms with Gasteiger partial charge in [0.1, 0.15) is 12.1 Å². The molecule has 0 bridgehead atoms. The largest absolute Gasteiger partial charge is 0.354 e. The first-order valence-corrected chi connectivity index (χ1v) is 17.7. The molecule has 274 valence electrons. The monoisotopic (exact) mass is 709 g/mol. The lowest BCUT2D eigenvalue weighted by molar-refractivity contribution is -0.146. The van der Waals surface area contributed by atoms with E-state index in [4.69, 9.17) is 5.73 Å². The van der Waals surface area contributed by atoms with Crippen molar-refractivity contribution in [2.75, 3.05) is 20.6 Å². The summed E-state index contributed by atoms with van der Waals surface area (Å²) in [5.74, 6) is -3.40. The Morgan fingerprint density at radius 2 is 1.40 bits per heavy atom. The van der Waals surface area contributed by atoms with Crippen LogP contribution in [-0.4, -0.2) is 70.8 Å². The summed E-state index contributed by atoms with van der Waals surface area (Å²) in [6.45, 7) is 4.29. The molecule has 3 N–H and O–H groups in total. The summed E-state index contributed by atoms with van der Waals surface area (Å²) in [5, 5.41) is 2.90. The van der Waals surface area contributed by atoms with Gasteiger partial charge in [0.25, 0.3) is 0 Å². The van der Waals surface area contributed by atoms with Gasteiger partial charge in [-0.25, -0.2) is 8.78 Å². The number of hydrogen-bond acceptors (Lipinski definition) is 5. The molecule has 8 nitrogen and oxygen atoms in total. The molecule has 10 heteroatoms. The van der Waals surface area contributed by atoms with E-state index in [1.165, 1.54) is 29.0 Å². The lowest BCUT2D eigenvalue weighted by Crippen LogP contribution is -2.56. The molecule has 0 radical (unpaired) electrons. The summed E-state index contributed by atoms with van der Waals surface area (Å²) < 4.78 is 28.1. The van der Waals surface area contributed by atoms with E-state index < -0.39 is 41.1 Å². The number of likely N-dealkylation sites (N-methyl/N-ethyl adjacent to an activating group) is 2. The number of carbonyl (C=O) groups is 3. The average Bonchev–Trinajstić information content (AvgIpc) is 3.17. The highest BCUT2D eigenvalue weighted by Gasteiger charge is 2.35. The number of aromatic nitrogens is 1. The van der Waals surface area contributed by atoms with Crippen LogP contribution in [0.4, 0.5) is 8.78 Å². The number of nitrogens with one attached hydrogen (secondary N) is 1. The van der Waals surface area contributed by atoms with Gasteiger partial charge >= 0.3 is 0 Å². The highest BCUT2D eigenvalue weighted by atomic mass is 19.2. The molecule has 3 amide bonds. The fraction of sp³-hybridized carbons (Fsp3) is 0.333. The molecule has 0 saturated carbocycles. The van der Waals surface area contributed by atoms with Crippen molar-refractivity contribution in [1.29, 1.82) is 0 Å². The van der Waals surface area contributed by atoms with Crippen molar-refractivity contribution in [2.24, 2.45) is 5.73 Å². The number of carbonyl (C=O) groups excluding carboxylic acids is 3. The molecule has 4 rings (SSSR count). The third-order valence-corrected chi connectivity index (χ3v) is 9.78. The molecule has 0 aliphatic rings. The molecule has 4 aromatic rings. The molecule has 0 fully saturated rings. The second-order valence-electron chi connectivity index (χ2n) is 13.2. The molecular formula is C42H49F2N5O3. The summed E-state index contributed by atoms with van der Waals surface area (Å²) in [6, 6.07) is 22.7. The summed E-state index contributed by atoms with van der Waals surface area (Å²) >= 11 is 0. The van der Waals surface area contributed by atoms with Gasteiger partial charge in [0, 0.05) is 51.4 Å². The molecule has 52 heavy (non-hydrogen) atoms. The normalized spacial score (nSPS) is 12.7. The van der Waals surface area contributed by atoms with Gasteiger partial charge in [-0.3, -0.25) is 19.4 Å². The summed E-state index contributed by atoms with van der Waals surface area (Å²) in [4.78, 5) is 48.6. The van der Waals surface area contributed by atoms with Crippen LogP contribution in [0.3, 0.4) is 0 Å². The topological polar surface area (TPSA) is 109 Å². The fourth-order valence-electron chi connectivity index (χ4n) is 5.96. The van der Waals surface area contributed by atoms with E-state index in [2.05, 4.69) is 10.3 Å². The second-order valence-corrected chi connectivity index (χ2v) is 13.2. The lowest BCUT2D eigenvalue weighted by Gasteiger charge is -2.34. The van der Waals surface area contributed by atoms with E-state index in [9.17, 15) is 23.2 Å². The Balaban J connectivity index is 1.63. The zero-order valence-electron chi connectivity index (χ0n) is 30.4. The van der Waals surface area contributed by atoms with Gasteiger partial charge in [-0.15, -0.1) is 0 Å². The number of hydrogen-bond donors (Lipinski definition) is 2. The Bertz CT molecular complexity index is 1800. The van der Waals surface area contributed by atoms with Crippen LogP contribution in [-0.2, 0) is 33.6 Å². The van der Waals surface area contributed by atoms with Gasteiger partial charge < -0.3 is 20.9 Å². The number of benzene rings is 3. The minimum atomic E-state index is -1.09. The zero-order chi connectivity index (χ0) is 37.7. The van der Waals surface area contributed by atoms with Gasteiger partial charge in [0.05, 0.1) is 0 Å². The molecular weight excluding hydrogens is 660 g/mol. The van der Waals surface area contributed by atoms with Crippen molar-refractivity contribution in [3.05, 3.63) is 138 Å². The van der Waals surface area contributed by atoms with E-state index in [0.717, 1.165) is 47.2 Å². The number of nitrogens with two attached hydrogens (primary N) is 1. The number of halogens is 2. The highest BCUT2D eigenvalue weighted by Crippen LogP contribution is 2.22. The summed E-state index contributed by atoms with van der Waals surface area (Å²) in [6.07, 6.45) is 9.10. The number of rotatable bonds is 17. The average molecular weight is 710 g/mol. The van der Waals surface area contributed by atoms with Crippen molar-refractivity contribution in [1.82, 2.24) is 20.1 Å². The molecule has 0 unspecified atom stereocenters. The first-order valence-electron chi connectivity index (χ1n) is 17.7. The van der Waals surface area contributed by atoms with E-state index in [0.29, 0.717) is 18.4 Å². The molecule has 0 aliphatic carbocycles. The standard InChI is InChI=1S/C42H49F2N5O3/c1-5-42(45,6-2)23-10-13-39(50)48(3)38(28-31-14-17-34(18-15-31)33-11-8-7-9-12-33)41(52)49(4)37(29-32-16-19-35(43)36(44)27-32)40(51)47-26-22-30-20-24-46-25-21-30/h7-21,24-25,27,37-38H,5-6,22-23,26,28-29,45H2,1-4H3,(H,47,51)/t37-,38-/m1/s1. The summed E-state index contributed by atoms with van der Waals surface area (Å²) in [5.41, 5.74) is 10.2. The van der Waals surface area contributed by atoms with Crippen molar-refractivity contribution < 1.29 is 23.2 Å². The molecule has 1 heterocycles. The maximum Gasteiger partial charge on any atom is 0.246 e. The van der Waals surface area contributed by atoms with Gasteiger partial charge in [-0.05, 0) is 83.8 Å². The molecule has 0 saturated heterocycles. The van der Waals surface area contributed by atoms with Crippen molar-refractivity contribution in [3.63, 3.8) is 0 Å². The van der Waals surface area contributed by atoms with Crippen LogP contribution in [0.25, 0.3) is 11.1 Å². The van der Waals surface area contributed by atoms with E-state index >= 15 is 0 Å². The molecule has 2 atom stereocenters. The van der Waals surface area contributed by atoms with Gasteiger partial charge in [-0.1, -0.05) is 80.6 Å². The van der Waals surface area contributed by atoms with Crippen LogP contribution >= 0.6 is 0 Å². The first-order chi connectivity index (χ1) is 24.9. The SMILES string of the molecule is CCC(N)(CC)CC=CC(=O)N(C)[C@H](Cc1ccc(-c2ccccc2)cc1)C(=O)N(C)[C@H](Cc1ccc(F)c(F)c1)C(=O)NCCc1ccncc1. The predicted molar refractivity (Wildman–Crippen MR) is 201 cm³/mol. The smallest absolute Gasteiger partial charge is 0.246 e. The maximum atomic E-state index is 14.5. The third-order valence-electron chi connectivity index (χ3n) is 9.78. The quantitative estimate of drug-likeness (QED) is 0.125. The number of amides is 3. The molecule has 3 aromatic carbocycles. The Morgan fingerprint density at radius 1 is 0.788 bits per heavy atom. The van der Waals surface area contributed by atoms with Gasteiger partial charge in [0.15, 0.2) is 11.6 Å². The van der Waals surface area contributed by atoms with E-state index in [1.807, 2.05) is 80.6 Å². The minimum absolute atomic E-state index is 0.0802. The van der Waals surface area contributed by atoms with Crippen molar-refractivity contribution in [2.45, 2.75) is 70.0 Å². The zero-order valence-corrected chi connectivity index (χ0v) is 30.4. The number of pyridine rings is 1. The van der Waals surface area contributed by atoms with Crippen molar-refractivity contribution >= 4 is 17.7 Å². The molecule has 0 aliphatic heterocycles. The van der Waals surface area contributed by atoms with Crippen LogP contribution in [0.5, 0.6) is 0 Å². The van der Waals surface area contributed by atoms with Crippen LogP contribution < -0.4 is 11.1 Å². The lowest BCUT2D eigenvalue weighted by atomic mass is 9.90. The highest BCUT2D eigenvalue weighted by molar-refractivity contribution is 5.95. The van der Waals surface area contributed by atoms with Gasteiger partial charge in [0.2, 0.25) is 17.7 Å². The molecule has 0 spiro atoms. The third kappa shape index (κ3) is 10.9. The molecule has 1 aromatic heterocycles. The minimum Gasteiger partial charge on any atom is -0.354 e. The van der Waals surface area contributed by atoms with Crippen LogP contribution in [0.15, 0.2) is 109 Å². The van der Waals surface area contributed by atoms with E-state index in [-0.39, 0.29) is 25.3 Å². The first kappa shape index (κ1) is 39.6. The maximum absolute atomic E-state index is 14.5. The van der Waals surface area contributed by atoms with E-state index in [1.54, 1.807) is 25.5 Å². The van der Waals surface area contributed by atoms with Crippen LogP contribution in [0, 0.1) is 11.6 Å². The Morgan fingerprint density at radius 3 is 2.04 bits per heavy atom. The number of nitrogens with zero attached hydrogens (tertiary/aromatic N) is 3. The predicted octanol–water partition coefficient (Wildman–Crippen LogP) is 6.29. The van der Waals surface area contributed by atoms with Crippen LogP contribution in [0.1, 0.15) is 49.8 Å². The fourth-order valence-corrected chi connectivity index (χ4v) is 5.96. The Hall–Kier alpha value is -5.22. The summed E-state index contributed by atoms with van der Waals surface area (Å²) in [7, 11) is 3.07. The Labute approximate surface area is 305 Å². The second kappa shape index (κ2) is 18.9.